The van der Waals surface area contributed by atoms with Crippen molar-refractivity contribution in [2.24, 2.45) is 5.16 Å². The second kappa shape index (κ2) is 11.8. The van der Waals surface area contributed by atoms with E-state index in [2.05, 4.69) is 21.0 Å². The SMILES string of the molecule is COc1cccc(CN(C[C@@H](O)CN2CCOCC2)C[C@@H]2CC(c3ccc(Cl)cc3)=NO2)c1. The van der Waals surface area contributed by atoms with E-state index in [0.29, 0.717) is 31.2 Å². The van der Waals surface area contributed by atoms with E-state index in [1.54, 1.807) is 7.11 Å². The molecule has 33 heavy (non-hydrogen) atoms. The minimum atomic E-state index is -0.466. The number of halogens is 1. The van der Waals surface area contributed by atoms with Crippen molar-refractivity contribution in [3.8, 4) is 5.75 Å². The first-order valence-corrected chi connectivity index (χ1v) is 11.8. The van der Waals surface area contributed by atoms with Crippen LogP contribution in [0.5, 0.6) is 5.75 Å². The average Bonchev–Trinajstić information content (AvgIpc) is 3.28. The third kappa shape index (κ3) is 7.16. The van der Waals surface area contributed by atoms with Crippen molar-refractivity contribution >= 4 is 17.3 Å². The summed E-state index contributed by atoms with van der Waals surface area (Å²) < 4.78 is 10.8. The quantitative estimate of drug-likeness (QED) is 0.572. The predicted octanol–water partition coefficient (Wildman–Crippen LogP) is 3.04. The van der Waals surface area contributed by atoms with Crippen molar-refractivity contribution in [1.29, 1.82) is 0 Å². The highest BCUT2D eigenvalue weighted by Crippen LogP contribution is 2.21. The summed E-state index contributed by atoms with van der Waals surface area (Å²) in [6.07, 6.45) is 0.180. The second-order valence-electron chi connectivity index (χ2n) is 8.59. The number of morpholine rings is 1. The van der Waals surface area contributed by atoms with Crippen LogP contribution in [0.3, 0.4) is 0 Å². The molecular formula is C25H32ClN3O4. The van der Waals surface area contributed by atoms with Gasteiger partial charge in [0.25, 0.3) is 0 Å². The second-order valence-corrected chi connectivity index (χ2v) is 9.03. The Balaban J connectivity index is 1.39. The Morgan fingerprint density at radius 3 is 2.76 bits per heavy atom. The topological polar surface area (TPSA) is 66.8 Å². The molecule has 2 aliphatic rings. The lowest BCUT2D eigenvalue weighted by Crippen LogP contribution is -2.45. The predicted molar refractivity (Wildman–Crippen MR) is 129 cm³/mol. The largest absolute Gasteiger partial charge is 0.497 e. The van der Waals surface area contributed by atoms with E-state index >= 15 is 0 Å². The van der Waals surface area contributed by atoms with Gasteiger partial charge in [-0.2, -0.15) is 0 Å². The van der Waals surface area contributed by atoms with E-state index in [1.807, 2.05) is 42.5 Å². The van der Waals surface area contributed by atoms with Crippen LogP contribution in [-0.2, 0) is 16.1 Å². The van der Waals surface area contributed by atoms with Crippen LogP contribution in [-0.4, -0.2) is 85.9 Å². The average molecular weight is 474 g/mol. The number of ether oxygens (including phenoxy) is 2. The minimum absolute atomic E-state index is 0.0723. The maximum absolute atomic E-state index is 10.8. The Morgan fingerprint density at radius 1 is 1.21 bits per heavy atom. The Morgan fingerprint density at radius 2 is 2.00 bits per heavy atom. The molecule has 0 unspecified atom stereocenters. The van der Waals surface area contributed by atoms with Gasteiger partial charge in [-0.1, -0.05) is 41.0 Å². The first-order valence-electron chi connectivity index (χ1n) is 11.4. The first kappa shape index (κ1) is 24.0. The first-order chi connectivity index (χ1) is 16.1. The van der Waals surface area contributed by atoms with Crippen LogP contribution in [0.2, 0.25) is 5.02 Å². The molecule has 8 heteroatoms. The lowest BCUT2D eigenvalue weighted by molar-refractivity contribution is -0.00266. The molecule has 2 aliphatic heterocycles. The van der Waals surface area contributed by atoms with Crippen molar-refractivity contribution in [3.05, 3.63) is 64.7 Å². The molecule has 0 bridgehead atoms. The number of oxime groups is 1. The maximum Gasteiger partial charge on any atom is 0.145 e. The summed E-state index contributed by atoms with van der Waals surface area (Å²) in [4.78, 5) is 10.3. The van der Waals surface area contributed by atoms with Gasteiger partial charge in [0.1, 0.15) is 11.9 Å². The minimum Gasteiger partial charge on any atom is -0.497 e. The maximum atomic E-state index is 10.8. The molecule has 178 valence electrons. The fourth-order valence-corrected chi connectivity index (χ4v) is 4.42. The van der Waals surface area contributed by atoms with Crippen LogP contribution < -0.4 is 4.74 Å². The Kier molecular flexibility index (Phi) is 8.58. The number of rotatable bonds is 10. The summed E-state index contributed by atoms with van der Waals surface area (Å²) in [6.45, 7) is 5.70. The molecule has 0 aromatic heterocycles. The van der Waals surface area contributed by atoms with E-state index in [1.165, 1.54) is 0 Å². The van der Waals surface area contributed by atoms with Gasteiger partial charge in [0.15, 0.2) is 0 Å². The molecule has 2 atom stereocenters. The zero-order valence-electron chi connectivity index (χ0n) is 19.0. The van der Waals surface area contributed by atoms with Crippen LogP contribution in [0.15, 0.2) is 53.7 Å². The summed E-state index contributed by atoms with van der Waals surface area (Å²) in [5.74, 6) is 0.826. The normalized spacial score (nSPS) is 19.9. The molecular weight excluding hydrogens is 442 g/mol. The number of aliphatic hydroxyl groups excluding tert-OH is 1. The van der Waals surface area contributed by atoms with Gasteiger partial charge >= 0.3 is 0 Å². The van der Waals surface area contributed by atoms with Crippen LogP contribution in [0.25, 0.3) is 0 Å². The number of hydrogen-bond acceptors (Lipinski definition) is 7. The molecule has 1 fully saturated rings. The molecule has 0 aliphatic carbocycles. The third-order valence-electron chi connectivity index (χ3n) is 5.95. The van der Waals surface area contributed by atoms with Gasteiger partial charge in [-0.15, -0.1) is 0 Å². The van der Waals surface area contributed by atoms with E-state index in [0.717, 1.165) is 55.3 Å². The lowest BCUT2D eigenvalue weighted by atomic mass is 10.0. The molecule has 0 radical (unpaired) electrons. The van der Waals surface area contributed by atoms with Crippen molar-refractivity contribution in [1.82, 2.24) is 9.80 Å². The zero-order chi connectivity index (χ0) is 23.0. The molecule has 4 rings (SSSR count). The smallest absolute Gasteiger partial charge is 0.145 e. The van der Waals surface area contributed by atoms with Crippen LogP contribution in [0.1, 0.15) is 17.5 Å². The highest BCUT2D eigenvalue weighted by molar-refractivity contribution is 6.30. The summed E-state index contributed by atoms with van der Waals surface area (Å²) in [6, 6.07) is 15.7. The van der Waals surface area contributed by atoms with Gasteiger partial charge in [-0.25, -0.2) is 0 Å². The van der Waals surface area contributed by atoms with E-state index < -0.39 is 6.10 Å². The molecule has 2 heterocycles. The van der Waals surface area contributed by atoms with Crippen molar-refractivity contribution in [2.75, 3.05) is 53.0 Å². The number of hydrogen-bond donors (Lipinski definition) is 1. The lowest BCUT2D eigenvalue weighted by Gasteiger charge is -2.31. The van der Waals surface area contributed by atoms with Crippen LogP contribution in [0, 0.1) is 0 Å². The monoisotopic (exact) mass is 473 g/mol. The number of methoxy groups -OCH3 is 1. The molecule has 0 amide bonds. The summed E-state index contributed by atoms with van der Waals surface area (Å²) in [7, 11) is 1.67. The van der Waals surface area contributed by atoms with Crippen molar-refractivity contribution < 1.29 is 19.4 Å². The Hall–Kier alpha value is -2.16. The molecule has 0 spiro atoms. The van der Waals surface area contributed by atoms with Crippen molar-refractivity contribution in [2.45, 2.75) is 25.2 Å². The molecule has 1 saturated heterocycles. The molecule has 2 aromatic carbocycles. The van der Waals surface area contributed by atoms with E-state index in [-0.39, 0.29) is 6.10 Å². The van der Waals surface area contributed by atoms with Gasteiger partial charge in [-0.3, -0.25) is 9.80 Å². The van der Waals surface area contributed by atoms with Gasteiger partial charge in [0.2, 0.25) is 0 Å². The van der Waals surface area contributed by atoms with Gasteiger partial charge < -0.3 is 19.4 Å². The molecule has 0 saturated carbocycles. The third-order valence-corrected chi connectivity index (χ3v) is 6.21. The molecule has 7 nitrogen and oxygen atoms in total. The number of aliphatic hydroxyl groups is 1. The summed E-state index contributed by atoms with van der Waals surface area (Å²) in [5, 5.41) is 15.9. The number of nitrogens with zero attached hydrogens (tertiary/aromatic N) is 3. The number of benzene rings is 2. The van der Waals surface area contributed by atoms with Crippen LogP contribution in [0.4, 0.5) is 0 Å². The summed E-state index contributed by atoms with van der Waals surface area (Å²) in [5.41, 5.74) is 3.07. The Bertz CT molecular complexity index is 918. The fourth-order valence-electron chi connectivity index (χ4n) is 4.30. The van der Waals surface area contributed by atoms with Gasteiger partial charge in [0.05, 0.1) is 32.1 Å². The highest BCUT2D eigenvalue weighted by Gasteiger charge is 2.26. The van der Waals surface area contributed by atoms with Crippen LogP contribution >= 0.6 is 11.6 Å². The highest BCUT2D eigenvalue weighted by atomic mass is 35.5. The van der Waals surface area contributed by atoms with E-state index in [4.69, 9.17) is 25.9 Å². The zero-order valence-corrected chi connectivity index (χ0v) is 19.8. The standard InChI is InChI=1S/C25H32ClN3O4/c1-31-23-4-2-3-19(13-23)15-29(17-22(30)16-28-9-11-32-12-10-28)18-24-14-25(27-33-24)20-5-7-21(26)8-6-20/h2-8,13,22,24,30H,9-12,14-18H2,1H3/t22-,24-/m0/s1. The fraction of sp³-hybridized carbons (Fsp3) is 0.480. The molecule has 1 N–H and O–H groups in total. The summed E-state index contributed by atoms with van der Waals surface area (Å²) >= 11 is 6.01. The van der Waals surface area contributed by atoms with E-state index in [9.17, 15) is 5.11 Å². The van der Waals surface area contributed by atoms with Gasteiger partial charge in [0, 0.05) is 50.7 Å². The number of β-amino-alcohol motifs (C(OH)–C–C–N with tert-alkyl or cyclic N) is 1. The molecule has 2 aromatic rings. The van der Waals surface area contributed by atoms with Gasteiger partial charge in [-0.05, 0) is 35.4 Å². The van der Waals surface area contributed by atoms with Crippen molar-refractivity contribution in [3.63, 3.8) is 0 Å². The Labute approximate surface area is 200 Å².